The van der Waals surface area contributed by atoms with E-state index in [1.165, 1.54) is 18.2 Å². The minimum Gasteiger partial charge on any atom is -0.368 e. The van der Waals surface area contributed by atoms with Gasteiger partial charge in [0.05, 0.1) is 5.69 Å². The third-order valence-corrected chi connectivity index (χ3v) is 4.50. The van der Waals surface area contributed by atoms with Crippen LogP contribution in [0.25, 0.3) is 11.3 Å². The number of nitrogens with two attached hydrogens (primary N) is 1. The molecule has 5 N–H and O–H groups in total. The van der Waals surface area contributed by atoms with Crippen LogP contribution in [0.2, 0.25) is 5.02 Å². The molecule has 0 aliphatic carbocycles. The third-order valence-electron chi connectivity index (χ3n) is 4.09. The molecule has 0 fully saturated rings. The van der Waals surface area contributed by atoms with Gasteiger partial charge in [-0.2, -0.15) is 4.98 Å². The SMILES string of the molecule is Cc1c(Cl)cccc1-c1cc(NCCNC(=O)Nc2cccc(F)c2)nc(N)n1. The number of amides is 2. The second kappa shape index (κ2) is 9.20. The molecule has 3 rings (SSSR count). The zero-order valence-electron chi connectivity index (χ0n) is 15.7. The zero-order valence-corrected chi connectivity index (χ0v) is 16.4. The van der Waals surface area contributed by atoms with Gasteiger partial charge in [0.2, 0.25) is 5.95 Å². The Balaban J connectivity index is 1.56. The summed E-state index contributed by atoms with van der Waals surface area (Å²) in [6.45, 7) is 2.63. The van der Waals surface area contributed by atoms with Crippen LogP contribution in [-0.4, -0.2) is 29.1 Å². The van der Waals surface area contributed by atoms with Crippen LogP contribution in [0.15, 0.2) is 48.5 Å². The first-order valence-electron chi connectivity index (χ1n) is 8.87. The van der Waals surface area contributed by atoms with Crippen molar-refractivity contribution in [1.29, 1.82) is 0 Å². The number of halogens is 2. The number of hydrogen-bond donors (Lipinski definition) is 4. The highest BCUT2D eigenvalue weighted by Gasteiger charge is 2.09. The van der Waals surface area contributed by atoms with Crippen LogP contribution in [0.4, 0.5) is 26.6 Å². The van der Waals surface area contributed by atoms with Gasteiger partial charge in [-0.25, -0.2) is 14.2 Å². The number of hydrogen-bond acceptors (Lipinski definition) is 5. The van der Waals surface area contributed by atoms with Crippen molar-refractivity contribution in [2.45, 2.75) is 6.92 Å². The molecule has 1 aromatic heterocycles. The molecule has 9 heteroatoms. The van der Waals surface area contributed by atoms with Gasteiger partial charge in [-0.1, -0.05) is 29.8 Å². The highest BCUT2D eigenvalue weighted by molar-refractivity contribution is 6.31. The Kier molecular flexibility index (Phi) is 6.46. The van der Waals surface area contributed by atoms with Crippen molar-refractivity contribution < 1.29 is 9.18 Å². The Morgan fingerprint density at radius 2 is 1.93 bits per heavy atom. The van der Waals surface area contributed by atoms with Crippen molar-refractivity contribution in [2.24, 2.45) is 0 Å². The number of nitrogen functional groups attached to an aromatic ring is 1. The summed E-state index contributed by atoms with van der Waals surface area (Å²) in [5.74, 6) is 0.233. The fourth-order valence-electron chi connectivity index (χ4n) is 2.69. The number of aromatic nitrogens is 2. The van der Waals surface area contributed by atoms with E-state index in [9.17, 15) is 9.18 Å². The van der Waals surface area contributed by atoms with Gasteiger partial charge in [0.15, 0.2) is 0 Å². The maximum absolute atomic E-state index is 13.1. The summed E-state index contributed by atoms with van der Waals surface area (Å²) in [5.41, 5.74) is 8.62. The van der Waals surface area contributed by atoms with E-state index in [1.807, 2.05) is 25.1 Å². The molecular formula is C20H20ClFN6O. The molecule has 7 nitrogen and oxygen atoms in total. The molecule has 0 aliphatic heterocycles. The van der Waals surface area contributed by atoms with Crippen molar-refractivity contribution in [2.75, 3.05) is 29.5 Å². The highest BCUT2D eigenvalue weighted by atomic mass is 35.5. The van der Waals surface area contributed by atoms with Gasteiger partial charge >= 0.3 is 6.03 Å². The lowest BCUT2D eigenvalue weighted by atomic mass is 10.1. The number of carbonyl (C=O) groups is 1. The lowest BCUT2D eigenvalue weighted by Crippen LogP contribution is -2.32. The summed E-state index contributed by atoms with van der Waals surface area (Å²) in [6.07, 6.45) is 0. The van der Waals surface area contributed by atoms with E-state index in [2.05, 4.69) is 25.9 Å². The minimum absolute atomic E-state index is 0.126. The Morgan fingerprint density at radius 3 is 2.72 bits per heavy atom. The molecule has 0 spiro atoms. The van der Waals surface area contributed by atoms with E-state index in [0.717, 1.165) is 11.1 Å². The molecule has 0 unspecified atom stereocenters. The summed E-state index contributed by atoms with van der Waals surface area (Å²) in [4.78, 5) is 20.3. The molecular weight excluding hydrogens is 395 g/mol. The molecule has 0 saturated heterocycles. The van der Waals surface area contributed by atoms with Crippen LogP contribution in [0.3, 0.4) is 0 Å². The lowest BCUT2D eigenvalue weighted by molar-refractivity contribution is 0.252. The number of anilines is 3. The number of rotatable bonds is 6. The Hall–Kier alpha value is -3.39. The van der Waals surface area contributed by atoms with E-state index >= 15 is 0 Å². The monoisotopic (exact) mass is 414 g/mol. The molecule has 2 amide bonds. The second-order valence-corrected chi connectivity index (χ2v) is 6.63. The number of benzene rings is 2. The first-order chi connectivity index (χ1) is 13.9. The Bertz CT molecular complexity index is 1030. The first-order valence-corrected chi connectivity index (χ1v) is 9.24. The van der Waals surface area contributed by atoms with Crippen LogP contribution >= 0.6 is 11.6 Å². The molecule has 3 aromatic rings. The quantitative estimate of drug-likeness (QED) is 0.455. The van der Waals surface area contributed by atoms with Crippen molar-refractivity contribution >= 4 is 35.1 Å². The largest absolute Gasteiger partial charge is 0.368 e. The van der Waals surface area contributed by atoms with E-state index < -0.39 is 11.8 Å². The minimum atomic E-state index is -0.435. The number of carbonyl (C=O) groups excluding carboxylic acids is 1. The fraction of sp³-hybridized carbons (Fsp3) is 0.150. The molecule has 0 saturated carbocycles. The van der Waals surface area contributed by atoms with E-state index in [-0.39, 0.29) is 5.95 Å². The first kappa shape index (κ1) is 20.3. The van der Waals surface area contributed by atoms with Gasteiger partial charge in [-0.05, 0) is 36.8 Å². The van der Waals surface area contributed by atoms with E-state index in [0.29, 0.717) is 35.3 Å². The van der Waals surface area contributed by atoms with E-state index in [4.69, 9.17) is 17.3 Å². The summed E-state index contributed by atoms with van der Waals surface area (Å²) in [6, 6.07) is 12.6. The molecule has 0 aliphatic rings. The average molecular weight is 415 g/mol. The van der Waals surface area contributed by atoms with Gasteiger partial charge in [-0.15, -0.1) is 0 Å². The van der Waals surface area contributed by atoms with Crippen molar-refractivity contribution in [3.8, 4) is 11.3 Å². The van der Waals surface area contributed by atoms with Gasteiger partial charge in [0, 0.05) is 35.4 Å². The maximum atomic E-state index is 13.1. The normalized spacial score (nSPS) is 10.4. The smallest absolute Gasteiger partial charge is 0.319 e. The Morgan fingerprint density at radius 1 is 1.14 bits per heavy atom. The highest BCUT2D eigenvalue weighted by Crippen LogP contribution is 2.28. The van der Waals surface area contributed by atoms with Crippen molar-refractivity contribution in [3.63, 3.8) is 0 Å². The number of nitrogens with zero attached hydrogens (tertiary/aromatic N) is 2. The van der Waals surface area contributed by atoms with Crippen LogP contribution in [-0.2, 0) is 0 Å². The van der Waals surface area contributed by atoms with Gasteiger partial charge < -0.3 is 21.7 Å². The summed E-state index contributed by atoms with van der Waals surface area (Å²) in [5, 5.41) is 8.96. The maximum Gasteiger partial charge on any atom is 0.319 e. The third kappa shape index (κ3) is 5.55. The lowest BCUT2D eigenvalue weighted by Gasteiger charge is -2.11. The molecule has 0 radical (unpaired) electrons. The zero-order chi connectivity index (χ0) is 20.8. The molecule has 1 heterocycles. The van der Waals surface area contributed by atoms with Crippen molar-refractivity contribution in [3.05, 3.63) is 64.9 Å². The topological polar surface area (TPSA) is 105 Å². The van der Waals surface area contributed by atoms with Crippen LogP contribution in [0, 0.1) is 12.7 Å². The number of urea groups is 1. The summed E-state index contributed by atoms with van der Waals surface area (Å²) in [7, 11) is 0. The number of nitrogens with one attached hydrogen (secondary N) is 3. The van der Waals surface area contributed by atoms with Crippen LogP contribution in [0.1, 0.15) is 5.56 Å². The Labute approximate surface area is 172 Å². The van der Waals surface area contributed by atoms with Crippen LogP contribution in [0.5, 0.6) is 0 Å². The van der Waals surface area contributed by atoms with Gasteiger partial charge in [0.1, 0.15) is 11.6 Å². The standard InChI is InChI=1S/C20H20ClFN6O/c1-12-15(6-3-7-16(12)21)17-11-18(28-19(23)27-17)24-8-9-25-20(29)26-14-5-2-4-13(22)10-14/h2-7,10-11H,8-9H2,1H3,(H2,25,26,29)(H3,23,24,27,28). The summed E-state index contributed by atoms with van der Waals surface area (Å²) < 4.78 is 13.1. The molecule has 0 bridgehead atoms. The van der Waals surface area contributed by atoms with E-state index in [1.54, 1.807) is 12.1 Å². The van der Waals surface area contributed by atoms with Gasteiger partial charge in [-0.3, -0.25) is 0 Å². The predicted octanol–water partition coefficient (Wildman–Crippen LogP) is 4.06. The average Bonchev–Trinajstić information content (AvgIpc) is 2.67. The van der Waals surface area contributed by atoms with Crippen molar-refractivity contribution in [1.82, 2.24) is 15.3 Å². The fourth-order valence-corrected chi connectivity index (χ4v) is 2.86. The summed E-state index contributed by atoms with van der Waals surface area (Å²) >= 11 is 6.18. The molecule has 2 aromatic carbocycles. The molecule has 0 atom stereocenters. The van der Waals surface area contributed by atoms with Crippen LogP contribution < -0.4 is 21.7 Å². The predicted molar refractivity (Wildman–Crippen MR) is 114 cm³/mol. The second-order valence-electron chi connectivity index (χ2n) is 6.23. The molecule has 29 heavy (non-hydrogen) atoms. The molecule has 150 valence electrons. The van der Waals surface area contributed by atoms with Gasteiger partial charge in [0.25, 0.3) is 0 Å².